The van der Waals surface area contributed by atoms with Gasteiger partial charge in [-0.25, -0.2) is 9.38 Å². The number of nitrogens with zero attached hydrogens (tertiary/aromatic N) is 6. The SMILES string of the molecule is CN(C)c1nc(F)c(C2=NC(C)(C(=O)Nc3ccc(C(=O)N4CCN(C(=O)CC5CCNCC5)CC4)c(Cl)c3)N=C2)cc1F. The lowest BCUT2D eigenvalue weighted by atomic mass is 9.94. The minimum Gasteiger partial charge on any atom is -0.360 e. The van der Waals surface area contributed by atoms with Crippen LogP contribution in [0.3, 0.4) is 0 Å². The molecular weight excluding hydrogens is 594 g/mol. The number of aromatic nitrogens is 1. The number of halogens is 3. The van der Waals surface area contributed by atoms with E-state index >= 15 is 0 Å². The number of pyridine rings is 1. The van der Waals surface area contributed by atoms with E-state index in [1.807, 2.05) is 4.90 Å². The second-order valence-electron chi connectivity index (χ2n) is 11.5. The highest BCUT2D eigenvalue weighted by atomic mass is 35.5. The van der Waals surface area contributed by atoms with E-state index in [4.69, 9.17) is 11.6 Å². The summed E-state index contributed by atoms with van der Waals surface area (Å²) in [5.41, 5.74) is -1.31. The van der Waals surface area contributed by atoms with Crippen LogP contribution in [-0.2, 0) is 9.59 Å². The number of piperazine rings is 1. The first kappa shape index (κ1) is 31.5. The Balaban J connectivity index is 1.19. The molecule has 5 rings (SSSR count). The zero-order valence-corrected chi connectivity index (χ0v) is 25.6. The first-order chi connectivity index (χ1) is 20.9. The molecule has 3 aliphatic rings. The molecule has 0 radical (unpaired) electrons. The van der Waals surface area contributed by atoms with Crippen LogP contribution in [0.5, 0.6) is 0 Å². The van der Waals surface area contributed by atoms with Gasteiger partial charge in [-0.1, -0.05) is 11.6 Å². The number of carbonyl (C=O) groups is 3. The van der Waals surface area contributed by atoms with Crippen molar-refractivity contribution in [3.63, 3.8) is 0 Å². The van der Waals surface area contributed by atoms with Crippen molar-refractivity contribution in [3.8, 4) is 0 Å². The van der Waals surface area contributed by atoms with Crippen LogP contribution in [0, 0.1) is 17.7 Å². The molecule has 2 N–H and O–H groups in total. The molecule has 3 amide bonds. The van der Waals surface area contributed by atoms with Gasteiger partial charge in [-0.3, -0.25) is 19.4 Å². The molecule has 2 fully saturated rings. The molecule has 234 valence electrons. The van der Waals surface area contributed by atoms with E-state index in [1.54, 1.807) is 11.0 Å². The van der Waals surface area contributed by atoms with Crippen molar-refractivity contribution in [2.45, 2.75) is 31.8 Å². The van der Waals surface area contributed by atoms with Gasteiger partial charge in [-0.05, 0) is 63.0 Å². The first-order valence-electron chi connectivity index (χ1n) is 14.5. The fraction of sp³-hybridized carbons (Fsp3) is 0.467. The average Bonchev–Trinajstić information content (AvgIpc) is 3.41. The van der Waals surface area contributed by atoms with Crippen molar-refractivity contribution < 1.29 is 23.2 Å². The molecular formula is C30H35ClF2N8O3. The number of amides is 3. The highest BCUT2D eigenvalue weighted by Crippen LogP contribution is 2.27. The standard InChI is InChI=1S/C30H35ClF2N8O3/c1-30(35-17-24(38-30)21-16-23(32)27(39(2)3)37-26(21)33)29(44)36-19-4-5-20(22(31)15-19)28(43)41-12-10-40(11-13-41)25(42)14-18-6-8-34-9-7-18/h4-5,15-18,34H,6-14H2,1-3H3,(H,36,44). The third-order valence-corrected chi connectivity index (χ3v) is 8.43. The van der Waals surface area contributed by atoms with E-state index in [1.165, 1.54) is 44.3 Å². The molecule has 1 aromatic heterocycles. The summed E-state index contributed by atoms with van der Waals surface area (Å²) in [6.07, 6.45) is 3.75. The topological polar surface area (TPSA) is 123 Å². The molecule has 2 saturated heterocycles. The second kappa shape index (κ2) is 12.9. The van der Waals surface area contributed by atoms with Gasteiger partial charge >= 0.3 is 0 Å². The van der Waals surface area contributed by atoms with Crippen LogP contribution in [0.15, 0.2) is 34.3 Å². The molecule has 1 atom stereocenters. The normalized spacial score (nSPS) is 20.5. The Hall–Kier alpha value is -3.97. The Morgan fingerprint density at radius 1 is 1.09 bits per heavy atom. The summed E-state index contributed by atoms with van der Waals surface area (Å²) in [5.74, 6) is -2.21. The largest absolute Gasteiger partial charge is 0.360 e. The maximum absolute atomic E-state index is 14.7. The average molecular weight is 629 g/mol. The van der Waals surface area contributed by atoms with Crippen LogP contribution in [0.2, 0.25) is 5.02 Å². The zero-order chi connectivity index (χ0) is 31.6. The summed E-state index contributed by atoms with van der Waals surface area (Å²) in [5, 5.41) is 6.13. The van der Waals surface area contributed by atoms with Crippen molar-refractivity contribution in [1.82, 2.24) is 20.1 Å². The van der Waals surface area contributed by atoms with Gasteiger partial charge in [0.25, 0.3) is 11.8 Å². The number of hydrogen-bond donors (Lipinski definition) is 2. The second-order valence-corrected chi connectivity index (χ2v) is 11.9. The highest BCUT2D eigenvalue weighted by Gasteiger charge is 2.37. The summed E-state index contributed by atoms with van der Waals surface area (Å²) in [7, 11) is 3.08. The number of hydrogen-bond acceptors (Lipinski definition) is 8. The van der Waals surface area contributed by atoms with Crippen molar-refractivity contribution in [2.24, 2.45) is 15.9 Å². The maximum atomic E-state index is 14.7. The number of piperidine rings is 1. The van der Waals surface area contributed by atoms with Crippen molar-refractivity contribution in [2.75, 3.05) is 63.6 Å². The lowest BCUT2D eigenvalue weighted by Gasteiger charge is -2.36. The first-order valence-corrected chi connectivity index (χ1v) is 14.9. The molecule has 14 heteroatoms. The Morgan fingerprint density at radius 2 is 1.77 bits per heavy atom. The van der Waals surface area contributed by atoms with E-state index in [-0.39, 0.29) is 39.5 Å². The predicted molar refractivity (Wildman–Crippen MR) is 165 cm³/mol. The summed E-state index contributed by atoms with van der Waals surface area (Å²) in [6.45, 7) is 5.06. The quantitative estimate of drug-likeness (QED) is 0.455. The summed E-state index contributed by atoms with van der Waals surface area (Å²) in [6, 6.07) is 5.49. The van der Waals surface area contributed by atoms with Crippen molar-refractivity contribution >= 4 is 52.8 Å². The molecule has 1 unspecified atom stereocenters. The number of carbonyl (C=O) groups excluding carboxylic acids is 3. The molecule has 0 bridgehead atoms. The van der Waals surface area contributed by atoms with E-state index in [9.17, 15) is 23.2 Å². The number of benzene rings is 1. The molecule has 0 spiro atoms. The van der Waals surface area contributed by atoms with Gasteiger partial charge in [0, 0.05) is 52.4 Å². The number of anilines is 2. The van der Waals surface area contributed by atoms with E-state index in [0.717, 1.165) is 32.0 Å². The summed E-state index contributed by atoms with van der Waals surface area (Å²) in [4.78, 5) is 56.0. The fourth-order valence-electron chi connectivity index (χ4n) is 5.48. The molecule has 2 aromatic rings. The van der Waals surface area contributed by atoms with Gasteiger partial charge in [-0.2, -0.15) is 9.37 Å². The van der Waals surface area contributed by atoms with Crippen LogP contribution in [0.1, 0.15) is 42.1 Å². The smallest absolute Gasteiger partial charge is 0.274 e. The molecule has 44 heavy (non-hydrogen) atoms. The molecule has 0 saturated carbocycles. The predicted octanol–water partition coefficient (Wildman–Crippen LogP) is 2.98. The number of nitrogens with one attached hydrogen (secondary N) is 2. The molecule has 3 aliphatic heterocycles. The number of rotatable bonds is 7. The zero-order valence-electron chi connectivity index (χ0n) is 24.9. The Kier molecular flexibility index (Phi) is 9.26. The number of aliphatic imine (C=N–C) groups is 2. The van der Waals surface area contributed by atoms with Crippen LogP contribution >= 0.6 is 11.6 Å². The molecule has 0 aliphatic carbocycles. The van der Waals surface area contributed by atoms with E-state index < -0.39 is 23.3 Å². The van der Waals surface area contributed by atoms with Gasteiger partial charge < -0.3 is 25.3 Å². The molecule has 1 aromatic carbocycles. The van der Waals surface area contributed by atoms with Gasteiger partial charge in [0.15, 0.2) is 11.6 Å². The Labute approximate surface area is 259 Å². The molecule has 4 heterocycles. The maximum Gasteiger partial charge on any atom is 0.274 e. The Bertz CT molecular complexity index is 1520. The van der Waals surface area contributed by atoms with Gasteiger partial charge in [0.2, 0.25) is 17.5 Å². The monoisotopic (exact) mass is 628 g/mol. The fourth-order valence-corrected chi connectivity index (χ4v) is 5.74. The van der Waals surface area contributed by atoms with Crippen LogP contribution in [0.25, 0.3) is 0 Å². The summed E-state index contributed by atoms with van der Waals surface area (Å²) >= 11 is 6.47. The van der Waals surface area contributed by atoms with Crippen molar-refractivity contribution in [1.29, 1.82) is 0 Å². The lowest BCUT2D eigenvalue weighted by Crippen LogP contribution is -2.51. The van der Waals surface area contributed by atoms with Gasteiger partial charge in [0.05, 0.1) is 28.1 Å². The van der Waals surface area contributed by atoms with E-state index in [0.29, 0.717) is 44.2 Å². The van der Waals surface area contributed by atoms with Crippen LogP contribution < -0.4 is 15.5 Å². The molecule has 11 nitrogen and oxygen atoms in total. The summed E-state index contributed by atoms with van der Waals surface area (Å²) < 4.78 is 29.1. The minimum atomic E-state index is -1.65. The van der Waals surface area contributed by atoms with Crippen LogP contribution in [-0.4, -0.2) is 103 Å². The van der Waals surface area contributed by atoms with E-state index in [2.05, 4.69) is 25.6 Å². The van der Waals surface area contributed by atoms with Gasteiger partial charge in [-0.15, -0.1) is 0 Å². The van der Waals surface area contributed by atoms with Gasteiger partial charge in [0.1, 0.15) is 0 Å². The third-order valence-electron chi connectivity index (χ3n) is 8.12. The lowest BCUT2D eigenvalue weighted by molar-refractivity contribution is -0.133. The highest BCUT2D eigenvalue weighted by molar-refractivity contribution is 6.40. The van der Waals surface area contributed by atoms with Crippen molar-refractivity contribution in [3.05, 3.63) is 52.2 Å². The minimum absolute atomic E-state index is 0.0242. The Morgan fingerprint density at radius 3 is 2.43 bits per heavy atom. The third kappa shape index (κ3) is 6.73. The van der Waals surface area contributed by atoms with Crippen LogP contribution in [0.4, 0.5) is 20.3 Å².